The summed E-state index contributed by atoms with van der Waals surface area (Å²) < 4.78 is 10.9. The van der Waals surface area contributed by atoms with Crippen molar-refractivity contribution < 1.29 is 14.3 Å². The van der Waals surface area contributed by atoms with Gasteiger partial charge >= 0.3 is 0 Å². The Hall–Kier alpha value is -1.75. The minimum atomic E-state index is -0.556. The molecular formula is C14H22N2O3. The number of hydrogen-bond donors (Lipinski definition) is 2. The zero-order valence-electron chi connectivity index (χ0n) is 12.1. The van der Waals surface area contributed by atoms with Crippen molar-refractivity contribution in [3.05, 3.63) is 23.8 Å². The predicted octanol–water partition coefficient (Wildman–Crippen LogP) is 1.49. The Morgan fingerprint density at radius 1 is 1.26 bits per heavy atom. The summed E-state index contributed by atoms with van der Waals surface area (Å²) in [6.07, 6.45) is -0.556. The fourth-order valence-electron chi connectivity index (χ4n) is 1.70. The van der Waals surface area contributed by atoms with Gasteiger partial charge in [-0.1, -0.05) is 6.07 Å². The van der Waals surface area contributed by atoms with Crippen molar-refractivity contribution in [1.29, 1.82) is 0 Å². The van der Waals surface area contributed by atoms with Crippen molar-refractivity contribution in [2.24, 2.45) is 0 Å². The van der Waals surface area contributed by atoms with E-state index in [0.717, 1.165) is 5.56 Å². The smallest absolute Gasteiger partial charge is 0.260 e. The normalized spacial score (nSPS) is 13.5. The van der Waals surface area contributed by atoms with Crippen LogP contribution in [0.2, 0.25) is 0 Å². The van der Waals surface area contributed by atoms with Gasteiger partial charge in [0.1, 0.15) is 11.5 Å². The second-order valence-corrected chi connectivity index (χ2v) is 4.29. The lowest BCUT2D eigenvalue weighted by atomic mass is 10.1. The SMILES string of the molecule is CNC(=O)C(C)Oc1cc(OC)ccc1C(C)NC. The number of likely N-dealkylation sites (N-methyl/N-ethyl adjacent to an activating group) is 1. The molecule has 2 atom stereocenters. The van der Waals surface area contributed by atoms with Crippen LogP contribution in [0.15, 0.2) is 18.2 Å². The quantitative estimate of drug-likeness (QED) is 0.819. The molecule has 0 aromatic heterocycles. The number of carbonyl (C=O) groups excluding carboxylic acids is 1. The molecule has 5 heteroatoms. The zero-order valence-corrected chi connectivity index (χ0v) is 12.1. The topological polar surface area (TPSA) is 59.6 Å². The Labute approximate surface area is 114 Å². The van der Waals surface area contributed by atoms with Crippen LogP contribution < -0.4 is 20.1 Å². The van der Waals surface area contributed by atoms with E-state index in [4.69, 9.17) is 9.47 Å². The van der Waals surface area contributed by atoms with Gasteiger partial charge in [0.25, 0.3) is 5.91 Å². The van der Waals surface area contributed by atoms with E-state index in [1.165, 1.54) is 0 Å². The molecule has 1 amide bonds. The monoisotopic (exact) mass is 266 g/mol. The van der Waals surface area contributed by atoms with Crippen LogP contribution in [0.3, 0.4) is 0 Å². The molecule has 1 aromatic carbocycles. The third-order valence-electron chi connectivity index (χ3n) is 3.04. The Morgan fingerprint density at radius 2 is 1.95 bits per heavy atom. The van der Waals surface area contributed by atoms with Crippen LogP contribution in [0.1, 0.15) is 25.5 Å². The van der Waals surface area contributed by atoms with E-state index in [9.17, 15) is 4.79 Å². The lowest BCUT2D eigenvalue weighted by Gasteiger charge is -2.20. The highest BCUT2D eigenvalue weighted by molar-refractivity contribution is 5.80. The number of ether oxygens (including phenoxy) is 2. The molecule has 1 rings (SSSR count). The minimum Gasteiger partial charge on any atom is -0.497 e. The molecule has 0 aliphatic heterocycles. The lowest BCUT2D eigenvalue weighted by molar-refractivity contribution is -0.126. The lowest BCUT2D eigenvalue weighted by Crippen LogP contribution is -2.34. The van der Waals surface area contributed by atoms with Gasteiger partial charge < -0.3 is 20.1 Å². The molecule has 5 nitrogen and oxygen atoms in total. The highest BCUT2D eigenvalue weighted by Gasteiger charge is 2.17. The largest absolute Gasteiger partial charge is 0.497 e. The maximum atomic E-state index is 11.5. The van der Waals surface area contributed by atoms with E-state index < -0.39 is 6.10 Å². The number of amides is 1. The zero-order chi connectivity index (χ0) is 14.4. The maximum absolute atomic E-state index is 11.5. The fraction of sp³-hybridized carbons (Fsp3) is 0.500. The first-order valence-corrected chi connectivity index (χ1v) is 6.27. The van der Waals surface area contributed by atoms with E-state index >= 15 is 0 Å². The van der Waals surface area contributed by atoms with Crippen LogP contribution in [0.25, 0.3) is 0 Å². The van der Waals surface area contributed by atoms with Crippen molar-refractivity contribution in [3.8, 4) is 11.5 Å². The van der Waals surface area contributed by atoms with Gasteiger partial charge in [-0.25, -0.2) is 0 Å². The van der Waals surface area contributed by atoms with Gasteiger partial charge in [-0.05, 0) is 27.0 Å². The average molecular weight is 266 g/mol. The number of benzene rings is 1. The molecule has 0 fully saturated rings. The summed E-state index contributed by atoms with van der Waals surface area (Å²) in [6, 6.07) is 5.73. The van der Waals surface area contributed by atoms with E-state index in [1.54, 1.807) is 27.1 Å². The molecule has 0 spiro atoms. The Bertz CT molecular complexity index is 435. The number of hydrogen-bond acceptors (Lipinski definition) is 4. The van der Waals surface area contributed by atoms with Crippen LogP contribution >= 0.6 is 0 Å². The van der Waals surface area contributed by atoms with Crippen LogP contribution in [0, 0.1) is 0 Å². The summed E-state index contributed by atoms with van der Waals surface area (Å²) in [5, 5.41) is 5.72. The molecule has 0 aliphatic rings. The minimum absolute atomic E-state index is 0.123. The van der Waals surface area contributed by atoms with Gasteiger partial charge in [0.15, 0.2) is 6.10 Å². The molecule has 106 valence electrons. The van der Waals surface area contributed by atoms with E-state index in [2.05, 4.69) is 10.6 Å². The second kappa shape index (κ2) is 6.99. The van der Waals surface area contributed by atoms with Crippen molar-refractivity contribution >= 4 is 5.91 Å². The van der Waals surface area contributed by atoms with Gasteiger partial charge in [-0.15, -0.1) is 0 Å². The first-order valence-electron chi connectivity index (χ1n) is 6.27. The van der Waals surface area contributed by atoms with E-state index in [1.807, 2.05) is 26.1 Å². The molecule has 19 heavy (non-hydrogen) atoms. The van der Waals surface area contributed by atoms with Gasteiger partial charge in [0.05, 0.1) is 7.11 Å². The highest BCUT2D eigenvalue weighted by Crippen LogP contribution is 2.30. The predicted molar refractivity (Wildman–Crippen MR) is 74.6 cm³/mol. The molecule has 1 aromatic rings. The Morgan fingerprint density at radius 3 is 2.47 bits per heavy atom. The Balaban J connectivity index is 3.04. The van der Waals surface area contributed by atoms with Crippen molar-refractivity contribution in [1.82, 2.24) is 10.6 Å². The summed E-state index contributed by atoms with van der Waals surface area (Å²) in [5.41, 5.74) is 0.985. The first kappa shape index (κ1) is 15.3. The fourth-order valence-corrected chi connectivity index (χ4v) is 1.70. The summed E-state index contributed by atoms with van der Waals surface area (Å²) in [5.74, 6) is 1.19. The molecule has 2 N–H and O–H groups in total. The van der Waals surface area contributed by atoms with Crippen LogP contribution in [0.4, 0.5) is 0 Å². The number of nitrogens with one attached hydrogen (secondary N) is 2. The van der Waals surface area contributed by atoms with Gasteiger partial charge in [0.2, 0.25) is 0 Å². The number of methoxy groups -OCH3 is 1. The molecule has 2 unspecified atom stereocenters. The standard InChI is InChI=1S/C14H22N2O3/c1-9(15-3)12-7-6-11(18-5)8-13(12)19-10(2)14(17)16-4/h6-10,15H,1-5H3,(H,16,17). The maximum Gasteiger partial charge on any atom is 0.260 e. The summed E-state index contributed by atoms with van der Waals surface area (Å²) >= 11 is 0. The third kappa shape index (κ3) is 3.86. The summed E-state index contributed by atoms with van der Waals surface area (Å²) in [4.78, 5) is 11.5. The van der Waals surface area contributed by atoms with Crippen LogP contribution in [-0.4, -0.2) is 33.2 Å². The summed E-state index contributed by atoms with van der Waals surface area (Å²) in [7, 11) is 5.06. The highest BCUT2D eigenvalue weighted by atomic mass is 16.5. The van der Waals surface area contributed by atoms with Crippen molar-refractivity contribution in [2.45, 2.75) is 26.0 Å². The van der Waals surface area contributed by atoms with E-state index in [0.29, 0.717) is 11.5 Å². The van der Waals surface area contributed by atoms with E-state index in [-0.39, 0.29) is 11.9 Å². The van der Waals surface area contributed by atoms with Crippen LogP contribution in [0.5, 0.6) is 11.5 Å². The van der Waals surface area contributed by atoms with Gasteiger partial charge in [-0.3, -0.25) is 4.79 Å². The summed E-state index contributed by atoms with van der Waals surface area (Å²) in [6.45, 7) is 3.74. The van der Waals surface area contributed by atoms with Crippen molar-refractivity contribution in [2.75, 3.05) is 21.2 Å². The molecule has 0 aliphatic carbocycles. The number of carbonyl (C=O) groups is 1. The molecule has 0 saturated carbocycles. The Kier molecular flexibility index (Phi) is 5.63. The second-order valence-electron chi connectivity index (χ2n) is 4.29. The molecular weight excluding hydrogens is 244 g/mol. The van der Waals surface area contributed by atoms with Crippen LogP contribution in [-0.2, 0) is 4.79 Å². The molecule has 0 radical (unpaired) electrons. The van der Waals surface area contributed by atoms with Gasteiger partial charge in [0, 0.05) is 24.7 Å². The first-order chi connectivity index (χ1) is 9.03. The third-order valence-corrected chi connectivity index (χ3v) is 3.04. The number of rotatable bonds is 6. The van der Waals surface area contributed by atoms with Gasteiger partial charge in [-0.2, -0.15) is 0 Å². The van der Waals surface area contributed by atoms with Crippen molar-refractivity contribution in [3.63, 3.8) is 0 Å². The average Bonchev–Trinajstić information content (AvgIpc) is 2.45. The molecule has 0 bridgehead atoms. The molecule has 0 saturated heterocycles. The molecule has 0 heterocycles.